The Morgan fingerprint density at radius 1 is 1.75 bits per heavy atom. The average molecular weight is 170 g/mol. The van der Waals surface area contributed by atoms with E-state index in [1.807, 2.05) is 13.0 Å². The first-order chi connectivity index (χ1) is 5.58. The molecule has 0 aliphatic carbocycles. The first-order valence-electron chi connectivity index (χ1n) is 3.79. The lowest BCUT2D eigenvalue weighted by molar-refractivity contribution is -0.0215. The van der Waals surface area contributed by atoms with Gasteiger partial charge in [0.25, 0.3) is 0 Å². The van der Waals surface area contributed by atoms with Crippen molar-refractivity contribution in [1.82, 2.24) is 0 Å². The van der Waals surface area contributed by atoms with Crippen LogP contribution >= 0.6 is 0 Å². The summed E-state index contributed by atoms with van der Waals surface area (Å²) < 4.78 is 5.31. The topological polar surface area (TPSA) is 65.6 Å². The Bertz CT molecular complexity index is 194. The van der Waals surface area contributed by atoms with Crippen molar-refractivity contribution in [2.75, 3.05) is 6.61 Å². The minimum Gasteiger partial charge on any atom is -0.411 e. The predicted molar refractivity (Wildman–Crippen MR) is 45.1 cm³/mol. The Morgan fingerprint density at radius 2 is 2.33 bits per heavy atom. The van der Waals surface area contributed by atoms with Gasteiger partial charge in [0.2, 0.25) is 0 Å². The average Bonchev–Trinajstić information content (AvgIpc) is 1.99. The molecule has 0 amide bonds. The van der Waals surface area contributed by atoms with Crippen molar-refractivity contribution in [3.05, 3.63) is 0 Å². The second kappa shape index (κ2) is 4.73. The van der Waals surface area contributed by atoms with E-state index in [2.05, 4.69) is 5.16 Å². The van der Waals surface area contributed by atoms with Crippen LogP contribution in [0.15, 0.2) is 5.16 Å². The van der Waals surface area contributed by atoms with Gasteiger partial charge in [-0.1, -0.05) is 0 Å². The van der Waals surface area contributed by atoms with Crippen molar-refractivity contribution < 1.29 is 9.94 Å². The molecule has 0 aromatic carbocycles. The fraction of sp³-hybridized carbons (Fsp3) is 0.750. The maximum absolute atomic E-state index is 8.69. The zero-order valence-corrected chi connectivity index (χ0v) is 7.61. The van der Waals surface area contributed by atoms with Gasteiger partial charge < -0.3 is 9.94 Å². The summed E-state index contributed by atoms with van der Waals surface area (Å²) in [5, 5.41) is 19.8. The molecule has 0 saturated heterocycles. The van der Waals surface area contributed by atoms with Gasteiger partial charge >= 0.3 is 0 Å². The molecule has 0 saturated carbocycles. The molecule has 0 heterocycles. The molecule has 0 rings (SSSR count). The van der Waals surface area contributed by atoms with Gasteiger partial charge in [-0.3, -0.25) is 0 Å². The van der Waals surface area contributed by atoms with E-state index >= 15 is 0 Å². The second-order valence-corrected chi connectivity index (χ2v) is 2.91. The van der Waals surface area contributed by atoms with Gasteiger partial charge in [0.1, 0.15) is 5.92 Å². The van der Waals surface area contributed by atoms with Crippen LogP contribution < -0.4 is 0 Å². The number of nitrogens with zero attached hydrogens (tertiary/aromatic N) is 2. The Balaban J connectivity index is 4.38. The zero-order valence-electron chi connectivity index (χ0n) is 7.61. The van der Waals surface area contributed by atoms with Crippen molar-refractivity contribution in [2.45, 2.75) is 26.4 Å². The summed E-state index contributed by atoms with van der Waals surface area (Å²) in [5.74, 6) is -0.526. The van der Waals surface area contributed by atoms with Crippen LogP contribution in [0.4, 0.5) is 0 Å². The third-order valence-electron chi connectivity index (χ3n) is 1.62. The number of hydrogen-bond donors (Lipinski definition) is 1. The van der Waals surface area contributed by atoms with E-state index in [4.69, 9.17) is 15.2 Å². The van der Waals surface area contributed by atoms with Gasteiger partial charge in [0, 0.05) is 6.61 Å². The summed E-state index contributed by atoms with van der Waals surface area (Å²) in [4.78, 5) is 0. The number of nitriles is 1. The van der Waals surface area contributed by atoms with E-state index in [0.717, 1.165) is 0 Å². The van der Waals surface area contributed by atoms with Crippen LogP contribution in [0.5, 0.6) is 0 Å². The summed E-state index contributed by atoms with van der Waals surface area (Å²) in [6.07, 6.45) is 1.18. The number of rotatable bonds is 4. The lowest BCUT2D eigenvalue weighted by Gasteiger charge is -2.26. The van der Waals surface area contributed by atoms with Crippen molar-refractivity contribution in [2.24, 2.45) is 11.1 Å². The summed E-state index contributed by atoms with van der Waals surface area (Å²) in [6, 6.07) is 1.99. The Morgan fingerprint density at radius 3 is 2.67 bits per heavy atom. The third kappa shape index (κ3) is 2.89. The van der Waals surface area contributed by atoms with E-state index in [1.165, 1.54) is 6.21 Å². The second-order valence-electron chi connectivity index (χ2n) is 2.91. The summed E-state index contributed by atoms with van der Waals surface area (Å²) in [5.41, 5.74) is -0.601. The molecule has 0 aliphatic heterocycles. The largest absolute Gasteiger partial charge is 0.411 e. The molecule has 1 N–H and O–H groups in total. The summed E-state index contributed by atoms with van der Waals surface area (Å²) in [6.45, 7) is 5.95. The molecule has 1 atom stereocenters. The minimum atomic E-state index is -0.601. The van der Waals surface area contributed by atoms with Crippen LogP contribution in [0, 0.1) is 17.2 Å². The van der Waals surface area contributed by atoms with Crippen LogP contribution in [0.25, 0.3) is 0 Å². The fourth-order valence-electron chi connectivity index (χ4n) is 0.897. The molecule has 0 aliphatic rings. The Hall–Kier alpha value is -1.08. The van der Waals surface area contributed by atoms with Gasteiger partial charge in [-0.15, -0.1) is 5.16 Å². The maximum Gasteiger partial charge on any atom is 0.113 e. The molecule has 0 bridgehead atoms. The van der Waals surface area contributed by atoms with E-state index in [-0.39, 0.29) is 0 Å². The van der Waals surface area contributed by atoms with E-state index in [0.29, 0.717) is 6.61 Å². The molecule has 0 spiro atoms. The summed E-state index contributed by atoms with van der Waals surface area (Å²) >= 11 is 0. The molecule has 0 aromatic heterocycles. The molecule has 1 unspecified atom stereocenters. The van der Waals surface area contributed by atoms with Gasteiger partial charge in [-0.05, 0) is 20.8 Å². The SMILES string of the molecule is CCOC(C)(C)C(C#N)C=NO. The lowest BCUT2D eigenvalue weighted by Crippen LogP contribution is -2.34. The molecule has 12 heavy (non-hydrogen) atoms. The van der Waals surface area contributed by atoms with Crippen molar-refractivity contribution >= 4 is 6.21 Å². The predicted octanol–water partition coefficient (Wildman–Crippen LogP) is 1.40. The van der Waals surface area contributed by atoms with Crippen LogP contribution in [-0.2, 0) is 4.74 Å². The molecule has 4 heteroatoms. The van der Waals surface area contributed by atoms with Crippen LogP contribution in [0.3, 0.4) is 0 Å². The normalized spacial score (nSPS) is 14.5. The molecule has 0 radical (unpaired) electrons. The molecule has 4 nitrogen and oxygen atoms in total. The molecular weight excluding hydrogens is 156 g/mol. The Kier molecular flexibility index (Phi) is 4.30. The summed E-state index contributed by atoms with van der Waals surface area (Å²) in [7, 11) is 0. The van der Waals surface area contributed by atoms with E-state index in [9.17, 15) is 0 Å². The Labute approximate surface area is 72.4 Å². The first-order valence-corrected chi connectivity index (χ1v) is 3.79. The number of oxime groups is 1. The van der Waals surface area contributed by atoms with Crippen LogP contribution in [0.1, 0.15) is 20.8 Å². The van der Waals surface area contributed by atoms with Gasteiger partial charge in [-0.25, -0.2) is 0 Å². The number of hydrogen-bond acceptors (Lipinski definition) is 4. The molecule has 0 aromatic rings. The maximum atomic E-state index is 8.69. The molecular formula is C8H14N2O2. The third-order valence-corrected chi connectivity index (χ3v) is 1.62. The zero-order chi connectivity index (χ0) is 9.61. The van der Waals surface area contributed by atoms with Crippen LogP contribution in [-0.4, -0.2) is 23.6 Å². The quantitative estimate of drug-likeness (QED) is 0.394. The van der Waals surface area contributed by atoms with Crippen LogP contribution in [0.2, 0.25) is 0 Å². The van der Waals surface area contributed by atoms with Crippen molar-refractivity contribution in [3.63, 3.8) is 0 Å². The van der Waals surface area contributed by atoms with Gasteiger partial charge in [0.15, 0.2) is 0 Å². The van der Waals surface area contributed by atoms with Gasteiger partial charge in [0.05, 0.1) is 17.9 Å². The fourth-order valence-corrected chi connectivity index (χ4v) is 0.897. The van der Waals surface area contributed by atoms with E-state index in [1.54, 1.807) is 13.8 Å². The highest BCUT2D eigenvalue weighted by Crippen LogP contribution is 2.18. The highest BCUT2D eigenvalue weighted by molar-refractivity contribution is 5.65. The highest BCUT2D eigenvalue weighted by atomic mass is 16.5. The number of ether oxygens (including phenoxy) is 1. The lowest BCUT2D eigenvalue weighted by atomic mass is 9.93. The standard InChI is InChI=1S/C8H14N2O2/c1-4-12-8(2,3)7(5-9)6-10-11/h6-7,11H,4H2,1-3H3. The van der Waals surface area contributed by atoms with Crippen molar-refractivity contribution in [1.29, 1.82) is 5.26 Å². The van der Waals surface area contributed by atoms with Gasteiger partial charge in [-0.2, -0.15) is 5.26 Å². The molecule has 68 valence electrons. The first kappa shape index (κ1) is 10.9. The smallest absolute Gasteiger partial charge is 0.113 e. The van der Waals surface area contributed by atoms with Crippen molar-refractivity contribution in [3.8, 4) is 6.07 Å². The monoisotopic (exact) mass is 170 g/mol. The highest BCUT2D eigenvalue weighted by Gasteiger charge is 2.28. The molecule has 0 fully saturated rings. The van der Waals surface area contributed by atoms with E-state index < -0.39 is 11.5 Å². The minimum absolute atomic E-state index is 0.526.